The third kappa shape index (κ3) is 3.55. The Morgan fingerprint density at radius 1 is 1.12 bits per heavy atom. The molecule has 1 heterocycles. The molecule has 1 aromatic carbocycles. The number of anilines is 1. The smallest absolute Gasteiger partial charge is 0.339 e. The van der Waals surface area contributed by atoms with Crippen LogP contribution in [0.15, 0.2) is 24.3 Å². The number of amides is 2. The van der Waals surface area contributed by atoms with Crippen molar-refractivity contribution in [2.75, 3.05) is 11.9 Å². The van der Waals surface area contributed by atoms with Gasteiger partial charge in [0.15, 0.2) is 0 Å². The first-order chi connectivity index (χ1) is 11.3. The predicted molar refractivity (Wildman–Crippen MR) is 82.1 cm³/mol. The lowest BCUT2D eigenvalue weighted by molar-refractivity contribution is -0.137. The number of likely N-dealkylation sites (tertiary alicyclic amines) is 1. The molecule has 0 aromatic heterocycles. The molecule has 1 atom stereocenters. The molecule has 24 heavy (non-hydrogen) atoms. The number of benzene rings is 1. The maximum Gasteiger partial charge on any atom is 0.416 e. The summed E-state index contributed by atoms with van der Waals surface area (Å²) in [6.07, 6.45) is -0.0448. The Bertz CT molecular complexity index is 622. The number of carbonyl (C=O) groups is 2. The van der Waals surface area contributed by atoms with Crippen molar-refractivity contribution in [1.82, 2.24) is 4.90 Å². The Morgan fingerprint density at radius 2 is 1.75 bits per heavy atom. The summed E-state index contributed by atoms with van der Waals surface area (Å²) in [6, 6.07) is 4.56. The van der Waals surface area contributed by atoms with Crippen molar-refractivity contribution in [2.45, 2.75) is 44.3 Å². The summed E-state index contributed by atoms with van der Waals surface area (Å²) in [5.74, 6) is -0.765. The monoisotopic (exact) mass is 340 g/mol. The Balaban J connectivity index is 1.60. The zero-order chi connectivity index (χ0) is 17.3. The average Bonchev–Trinajstić information content (AvgIpc) is 3.16. The molecular weight excluding hydrogens is 321 g/mol. The van der Waals surface area contributed by atoms with Crippen molar-refractivity contribution in [2.24, 2.45) is 5.92 Å². The van der Waals surface area contributed by atoms with Crippen LogP contribution in [-0.2, 0) is 15.8 Å². The zero-order valence-electron chi connectivity index (χ0n) is 13.1. The molecule has 1 saturated heterocycles. The van der Waals surface area contributed by atoms with Gasteiger partial charge in [-0.3, -0.25) is 9.59 Å². The van der Waals surface area contributed by atoms with Crippen LogP contribution in [0.2, 0.25) is 0 Å². The number of rotatable bonds is 3. The Morgan fingerprint density at radius 3 is 2.33 bits per heavy atom. The number of hydrogen-bond donors (Lipinski definition) is 1. The maximum atomic E-state index is 12.5. The van der Waals surface area contributed by atoms with Crippen LogP contribution >= 0.6 is 0 Å². The molecule has 1 aromatic rings. The third-order valence-electron chi connectivity index (χ3n) is 4.77. The standard InChI is InChI=1S/C17H19F3N2O2/c18-17(19,20)12-5-7-13(8-6-12)21-16(24)11-9-15(23)22(10-11)14-3-1-2-4-14/h5-8,11,14H,1-4,9-10H2,(H,21,24)/t11-/m1/s1. The minimum Gasteiger partial charge on any atom is -0.339 e. The van der Waals surface area contributed by atoms with Crippen molar-refractivity contribution < 1.29 is 22.8 Å². The molecule has 2 amide bonds. The Labute approximate surface area is 138 Å². The lowest BCUT2D eigenvalue weighted by Crippen LogP contribution is -2.35. The molecule has 0 radical (unpaired) electrons. The largest absolute Gasteiger partial charge is 0.416 e. The van der Waals surface area contributed by atoms with E-state index in [9.17, 15) is 22.8 Å². The first-order valence-corrected chi connectivity index (χ1v) is 8.12. The Hall–Kier alpha value is -2.05. The topological polar surface area (TPSA) is 49.4 Å². The lowest BCUT2D eigenvalue weighted by atomic mass is 10.1. The number of halogens is 3. The molecular formula is C17H19F3N2O2. The van der Waals surface area contributed by atoms with Crippen LogP contribution in [0.1, 0.15) is 37.7 Å². The van der Waals surface area contributed by atoms with Gasteiger partial charge >= 0.3 is 6.18 Å². The molecule has 2 fully saturated rings. The second-order valence-electron chi connectivity index (χ2n) is 6.45. The number of nitrogens with one attached hydrogen (secondary N) is 1. The van der Waals surface area contributed by atoms with Crippen LogP contribution in [0.25, 0.3) is 0 Å². The van der Waals surface area contributed by atoms with E-state index in [0.29, 0.717) is 12.2 Å². The molecule has 130 valence electrons. The highest BCUT2D eigenvalue weighted by Crippen LogP contribution is 2.31. The number of carbonyl (C=O) groups excluding carboxylic acids is 2. The van der Waals surface area contributed by atoms with Gasteiger partial charge < -0.3 is 10.2 Å². The Kier molecular flexibility index (Phi) is 4.51. The van der Waals surface area contributed by atoms with E-state index in [-0.39, 0.29) is 24.3 Å². The molecule has 0 bridgehead atoms. The van der Waals surface area contributed by atoms with E-state index in [4.69, 9.17) is 0 Å². The molecule has 1 N–H and O–H groups in total. The van der Waals surface area contributed by atoms with E-state index in [2.05, 4.69) is 5.32 Å². The first kappa shape index (κ1) is 16.8. The van der Waals surface area contributed by atoms with Gasteiger partial charge in [0.25, 0.3) is 0 Å². The van der Waals surface area contributed by atoms with Crippen LogP contribution in [0.3, 0.4) is 0 Å². The number of hydrogen-bond acceptors (Lipinski definition) is 2. The van der Waals surface area contributed by atoms with Crippen LogP contribution in [-0.4, -0.2) is 29.3 Å². The molecule has 1 saturated carbocycles. The normalized spacial score (nSPS) is 22.2. The fourth-order valence-electron chi connectivity index (χ4n) is 3.46. The van der Waals surface area contributed by atoms with Crippen molar-refractivity contribution in [3.05, 3.63) is 29.8 Å². The summed E-state index contributed by atoms with van der Waals surface area (Å²) in [4.78, 5) is 26.2. The van der Waals surface area contributed by atoms with E-state index in [1.54, 1.807) is 4.90 Å². The van der Waals surface area contributed by atoms with Gasteiger partial charge in [-0.2, -0.15) is 13.2 Å². The summed E-state index contributed by atoms with van der Waals surface area (Å²) in [6.45, 7) is 0.399. The van der Waals surface area contributed by atoms with E-state index >= 15 is 0 Å². The quantitative estimate of drug-likeness (QED) is 0.916. The van der Waals surface area contributed by atoms with Gasteiger partial charge in [0.1, 0.15) is 0 Å². The van der Waals surface area contributed by atoms with Gasteiger partial charge in [-0.15, -0.1) is 0 Å². The van der Waals surface area contributed by atoms with E-state index in [0.717, 1.165) is 37.8 Å². The van der Waals surface area contributed by atoms with E-state index in [1.807, 2.05) is 0 Å². The fraction of sp³-hybridized carbons (Fsp3) is 0.529. The summed E-state index contributed by atoms with van der Waals surface area (Å²) >= 11 is 0. The van der Waals surface area contributed by atoms with E-state index < -0.39 is 17.7 Å². The minimum atomic E-state index is -4.40. The molecule has 2 aliphatic rings. The minimum absolute atomic E-state index is 0.00512. The molecule has 3 rings (SSSR count). The fourth-order valence-corrected chi connectivity index (χ4v) is 3.46. The zero-order valence-corrected chi connectivity index (χ0v) is 13.1. The highest BCUT2D eigenvalue weighted by Gasteiger charge is 2.38. The van der Waals surface area contributed by atoms with Gasteiger partial charge in [-0.25, -0.2) is 0 Å². The van der Waals surface area contributed by atoms with Crippen molar-refractivity contribution in [3.8, 4) is 0 Å². The van der Waals surface area contributed by atoms with Crippen molar-refractivity contribution in [3.63, 3.8) is 0 Å². The highest BCUT2D eigenvalue weighted by atomic mass is 19.4. The molecule has 1 aliphatic carbocycles. The van der Waals surface area contributed by atoms with Crippen molar-refractivity contribution in [1.29, 1.82) is 0 Å². The maximum absolute atomic E-state index is 12.5. The second kappa shape index (κ2) is 6.45. The third-order valence-corrected chi connectivity index (χ3v) is 4.77. The summed E-state index contributed by atoms with van der Waals surface area (Å²) in [5, 5.41) is 2.61. The van der Waals surface area contributed by atoms with Gasteiger partial charge in [0.05, 0.1) is 11.5 Å². The highest BCUT2D eigenvalue weighted by molar-refractivity contribution is 5.97. The average molecular weight is 340 g/mol. The molecule has 7 heteroatoms. The van der Waals surface area contributed by atoms with Gasteiger partial charge in [0, 0.05) is 24.7 Å². The van der Waals surface area contributed by atoms with Gasteiger partial charge in [0.2, 0.25) is 11.8 Å². The van der Waals surface area contributed by atoms with Gasteiger partial charge in [-0.05, 0) is 37.1 Å². The van der Waals surface area contributed by atoms with Crippen LogP contribution in [0.5, 0.6) is 0 Å². The molecule has 0 unspecified atom stereocenters. The van der Waals surface area contributed by atoms with Crippen molar-refractivity contribution >= 4 is 17.5 Å². The summed E-state index contributed by atoms with van der Waals surface area (Å²) < 4.78 is 37.6. The van der Waals surface area contributed by atoms with Crippen LogP contribution in [0.4, 0.5) is 18.9 Å². The molecule has 4 nitrogen and oxygen atoms in total. The van der Waals surface area contributed by atoms with Gasteiger partial charge in [-0.1, -0.05) is 12.8 Å². The summed E-state index contributed by atoms with van der Waals surface area (Å²) in [5.41, 5.74) is -0.455. The number of alkyl halides is 3. The van der Waals surface area contributed by atoms with Crippen LogP contribution in [0, 0.1) is 5.92 Å². The molecule has 1 aliphatic heterocycles. The van der Waals surface area contributed by atoms with E-state index in [1.165, 1.54) is 12.1 Å². The predicted octanol–water partition coefficient (Wildman–Crippen LogP) is 3.44. The first-order valence-electron chi connectivity index (χ1n) is 8.12. The second-order valence-corrected chi connectivity index (χ2v) is 6.45. The SMILES string of the molecule is O=C(Nc1ccc(C(F)(F)F)cc1)[C@@H]1CC(=O)N(C2CCCC2)C1. The molecule has 0 spiro atoms. The lowest BCUT2D eigenvalue weighted by Gasteiger charge is -2.23. The summed E-state index contributed by atoms with van der Waals surface area (Å²) in [7, 11) is 0. The number of nitrogens with zero attached hydrogens (tertiary/aromatic N) is 1. The van der Waals surface area contributed by atoms with Crippen LogP contribution < -0.4 is 5.32 Å².